The van der Waals surface area contributed by atoms with Gasteiger partial charge in [0, 0.05) is 0 Å². The summed E-state index contributed by atoms with van der Waals surface area (Å²) in [5.41, 5.74) is 3.63. The van der Waals surface area contributed by atoms with Crippen LogP contribution < -0.4 is 4.74 Å². The van der Waals surface area contributed by atoms with E-state index in [1.54, 1.807) is 18.2 Å². The van der Waals surface area contributed by atoms with Gasteiger partial charge in [-0.1, -0.05) is 24.3 Å². The highest BCUT2D eigenvalue weighted by molar-refractivity contribution is 5.87. The Hall–Kier alpha value is -2.29. The Morgan fingerprint density at radius 2 is 2.10 bits per heavy atom. The number of hydrogen-bond donors (Lipinski definition) is 1. The molecule has 1 heterocycles. The van der Waals surface area contributed by atoms with E-state index in [2.05, 4.69) is 12.1 Å². The molecule has 1 aliphatic rings. The summed E-state index contributed by atoms with van der Waals surface area (Å²) in [4.78, 5) is 11.0. The van der Waals surface area contributed by atoms with Crippen molar-refractivity contribution in [3.05, 3.63) is 64.7 Å². The van der Waals surface area contributed by atoms with Gasteiger partial charge in [-0.25, -0.2) is 4.79 Å². The quantitative estimate of drug-likeness (QED) is 0.902. The van der Waals surface area contributed by atoms with Crippen molar-refractivity contribution in [2.24, 2.45) is 0 Å². The van der Waals surface area contributed by atoms with Crippen LogP contribution in [0, 0.1) is 6.92 Å². The molecule has 2 aromatic carbocycles. The Morgan fingerprint density at radius 1 is 1.25 bits per heavy atom. The first kappa shape index (κ1) is 12.7. The summed E-state index contributed by atoms with van der Waals surface area (Å²) in [6.45, 7) is 2.04. The lowest BCUT2D eigenvalue weighted by Gasteiger charge is -2.27. The van der Waals surface area contributed by atoms with Gasteiger partial charge in [-0.3, -0.25) is 0 Å². The van der Waals surface area contributed by atoms with Gasteiger partial charge in [-0.2, -0.15) is 0 Å². The average molecular weight is 268 g/mol. The van der Waals surface area contributed by atoms with Gasteiger partial charge in [0.25, 0.3) is 0 Å². The minimum atomic E-state index is -0.904. The Bertz CT molecular complexity index is 661. The molecule has 3 nitrogen and oxygen atoms in total. The number of carbonyl (C=O) groups is 1. The number of carboxylic acids is 1. The van der Waals surface area contributed by atoms with Gasteiger partial charge in [-0.15, -0.1) is 0 Å². The number of aromatic carboxylic acids is 1. The minimum absolute atomic E-state index is 0.0661. The highest BCUT2D eigenvalue weighted by Crippen LogP contribution is 2.35. The zero-order chi connectivity index (χ0) is 14.1. The molecule has 0 saturated heterocycles. The van der Waals surface area contributed by atoms with Crippen LogP contribution >= 0.6 is 0 Å². The van der Waals surface area contributed by atoms with Gasteiger partial charge >= 0.3 is 5.97 Å². The zero-order valence-electron chi connectivity index (χ0n) is 11.3. The van der Waals surface area contributed by atoms with Crippen LogP contribution in [0.25, 0.3) is 0 Å². The predicted octanol–water partition coefficient (Wildman–Crippen LogP) is 3.76. The second kappa shape index (κ2) is 5.00. The molecule has 0 aromatic heterocycles. The third-order valence-electron chi connectivity index (χ3n) is 3.67. The van der Waals surface area contributed by atoms with Crippen LogP contribution in [0.15, 0.2) is 42.5 Å². The van der Waals surface area contributed by atoms with E-state index in [9.17, 15) is 4.79 Å². The molecular formula is C17H16O3. The third-order valence-corrected chi connectivity index (χ3v) is 3.67. The van der Waals surface area contributed by atoms with Crippen LogP contribution in [0.5, 0.6) is 5.75 Å². The lowest BCUT2D eigenvalue weighted by Crippen LogP contribution is -2.15. The van der Waals surface area contributed by atoms with Crippen LogP contribution in [0.3, 0.4) is 0 Å². The Labute approximate surface area is 117 Å². The maximum absolute atomic E-state index is 11.0. The van der Waals surface area contributed by atoms with Crippen molar-refractivity contribution in [2.75, 3.05) is 0 Å². The number of benzene rings is 2. The molecule has 20 heavy (non-hydrogen) atoms. The topological polar surface area (TPSA) is 46.5 Å². The van der Waals surface area contributed by atoms with Crippen LogP contribution in [0.1, 0.15) is 39.6 Å². The second-order valence-corrected chi connectivity index (χ2v) is 5.19. The van der Waals surface area contributed by atoms with Gasteiger partial charge in [0.15, 0.2) is 0 Å². The third kappa shape index (κ3) is 2.39. The number of rotatable bonds is 2. The van der Waals surface area contributed by atoms with Gasteiger partial charge in [0.05, 0.1) is 5.56 Å². The predicted molar refractivity (Wildman–Crippen MR) is 76.3 cm³/mol. The summed E-state index contributed by atoms with van der Waals surface area (Å²) in [6, 6.07) is 13.2. The number of aryl methyl sites for hydroxylation is 2. The normalized spacial score (nSPS) is 17.1. The van der Waals surface area contributed by atoms with Crippen molar-refractivity contribution in [3.63, 3.8) is 0 Å². The fourth-order valence-corrected chi connectivity index (χ4v) is 2.58. The number of fused-ring (bicyclic) bond motifs is 1. The monoisotopic (exact) mass is 268 g/mol. The highest BCUT2D eigenvalue weighted by Gasteiger charge is 2.22. The van der Waals surface area contributed by atoms with E-state index in [0.717, 1.165) is 24.2 Å². The molecule has 2 aromatic rings. The Balaban J connectivity index is 1.90. The maximum Gasteiger partial charge on any atom is 0.335 e. The van der Waals surface area contributed by atoms with E-state index >= 15 is 0 Å². The molecule has 0 spiro atoms. The Morgan fingerprint density at radius 3 is 2.90 bits per heavy atom. The van der Waals surface area contributed by atoms with Gasteiger partial charge in [-0.05, 0) is 54.7 Å². The molecule has 1 unspecified atom stereocenters. The molecule has 1 aliphatic heterocycles. The molecule has 0 bridgehead atoms. The van der Waals surface area contributed by atoms with E-state index in [1.807, 2.05) is 19.1 Å². The molecule has 1 N–H and O–H groups in total. The van der Waals surface area contributed by atoms with Crippen LogP contribution in [-0.4, -0.2) is 11.1 Å². The van der Waals surface area contributed by atoms with Crippen LogP contribution in [-0.2, 0) is 6.42 Å². The summed E-state index contributed by atoms with van der Waals surface area (Å²) in [5, 5.41) is 9.06. The smallest absolute Gasteiger partial charge is 0.335 e. The fraction of sp³-hybridized carbons (Fsp3) is 0.235. The van der Waals surface area contributed by atoms with Crippen molar-refractivity contribution >= 4 is 5.97 Å². The van der Waals surface area contributed by atoms with E-state index in [1.165, 1.54) is 11.1 Å². The first-order chi connectivity index (χ1) is 9.63. The minimum Gasteiger partial charge on any atom is -0.485 e. The summed E-state index contributed by atoms with van der Waals surface area (Å²) in [5.74, 6) is 0.0147. The molecule has 1 atom stereocenters. The summed E-state index contributed by atoms with van der Waals surface area (Å²) < 4.78 is 6.04. The summed E-state index contributed by atoms with van der Waals surface area (Å²) in [7, 11) is 0. The van der Waals surface area contributed by atoms with Gasteiger partial charge in [0.1, 0.15) is 11.9 Å². The molecule has 3 rings (SSSR count). The van der Waals surface area contributed by atoms with Crippen molar-refractivity contribution < 1.29 is 14.6 Å². The molecule has 3 heteroatoms. The van der Waals surface area contributed by atoms with E-state index in [0.29, 0.717) is 5.56 Å². The first-order valence-electron chi connectivity index (χ1n) is 6.73. The molecule has 102 valence electrons. The molecule has 0 amide bonds. The molecule has 0 aliphatic carbocycles. The van der Waals surface area contributed by atoms with Crippen molar-refractivity contribution in [3.8, 4) is 5.75 Å². The number of ether oxygens (including phenoxy) is 1. The molecule has 0 radical (unpaired) electrons. The van der Waals surface area contributed by atoms with E-state index in [-0.39, 0.29) is 6.10 Å². The largest absolute Gasteiger partial charge is 0.485 e. The highest BCUT2D eigenvalue weighted by atomic mass is 16.5. The van der Waals surface area contributed by atoms with Crippen LogP contribution in [0.2, 0.25) is 0 Å². The summed E-state index contributed by atoms with van der Waals surface area (Å²) in [6.07, 6.45) is 1.76. The van der Waals surface area contributed by atoms with Crippen molar-refractivity contribution in [1.82, 2.24) is 0 Å². The maximum atomic E-state index is 11.0. The average Bonchev–Trinajstić information content (AvgIpc) is 2.46. The fourth-order valence-electron chi connectivity index (χ4n) is 2.58. The van der Waals surface area contributed by atoms with E-state index < -0.39 is 5.97 Å². The molecular weight excluding hydrogens is 252 g/mol. The van der Waals surface area contributed by atoms with E-state index in [4.69, 9.17) is 9.84 Å². The number of hydrogen-bond acceptors (Lipinski definition) is 2. The number of carboxylic acid groups (broad SMARTS) is 1. The van der Waals surface area contributed by atoms with Crippen molar-refractivity contribution in [1.29, 1.82) is 0 Å². The summed E-state index contributed by atoms with van der Waals surface area (Å²) >= 11 is 0. The lowest BCUT2D eigenvalue weighted by molar-refractivity contribution is 0.0696. The molecule has 0 fully saturated rings. The lowest BCUT2D eigenvalue weighted by atomic mass is 9.96. The molecule has 0 saturated carbocycles. The standard InChI is InChI=1S/C17H16O3/c1-11-5-6-12-7-8-15(20-16(12)9-11)13-3-2-4-14(10-13)17(18)19/h2-6,9-10,15H,7-8H2,1H3,(H,18,19). The SMILES string of the molecule is Cc1ccc2c(c1)OC(c1cccc(C(=O)O)c1)CC2. The van der Waals surface area contributed by atoms with Crippen molar-refractivity contribution in [2.45, 2.75) is 25.9 Å². The second-order valence-electron chi connectivity index (χ2n) is 5.19. The van der Waals surface area contributed by atoms with Gasteiger partial charge < -0.3 is 9.84 Å². The Kier molecular flexibility index (Phi) is 3.18. The van der Waals surface area contributed by atoms with Crippen LogP contribution in [0.4, 0.5) is 0 Å². The first-order valence-corrected chi connectivity index (χ1v) is 6.73. The zero-order valence-corrected chi connectivity index (χ0v) is 11.3. The van der Waals surface area contributed by atoms with Gasteiger partial charge in [0.2, 0.25) is 0 Å².